The third kappa shape index (κ3) is 2.63. The van der Waals surface area contributed by atoms with Gasteiger partial charge < -0.3 is 14.2 Å². The zero-order chi connectivity index (χ0) is 15.7. The van der Waals surface area contributed by atoms with Crippen LogP contribution in [0, 0.1) is 12.8 Å². The van der Waals surface area contributed by atoms with Crippen molar-refractivity contribution in [1.29, 1.82) is 0 Å². The molecule has 22 heavy (non-hydrogen) atoms. The molecule has 1 aliphatic heterocycles. The molecule has 0 aliphatic carbocycles. The average molecular weight is 304 g/mol. The normalized spacial score (nSPS) is 16.2. The summed E-state index contributed by atoms with van der Waals surface area (Å²) in [5.41, 5.74) is 1.07. The van der Waals surface area contributed by atoms with Crippen LogP contribution < -0.4 is 4.90 Å². The number of anilines is 1. The minimum Gasteiger partial charge on any atom is -0.460 e. The van der Waals surface area contributed by atoms with Gasteiger partial charge in [-0.25, -0.2) is 9.78 Å². The van der Waals surface area contributed by atoms with Crippen molar-refractivity contribution in [2.75, 3.05) is 24.6 Å². The molecule has 3 rings (SSSR count). The van der Waals surface area contributed by atoms with E-state index in [-0.39, 0.29) is 12.4 Å². The molecule has 0 N–H and O–H groups in total. The SMILES string of the molecule is CCOC(=O)c1nc(N2CCC(C)CC2)c2c(C)noc2n1. The summed E-state index contributed by atoms with van der Waals surface area (Å²) in [5, 5.41) is 4.74. The molecule has 7 nitrogen and oxygen atoms in total. The molecular formula is C15H20N4O3. The number of aromatic nitrogens is 3. The third-order valence-corrected chi connectivity index (χ3v) is 4.03. The lowest BCUT2D eigenvalue weighted by atomic mass is 9.99. The van der Waals surface area contributed by atoms with Crippen molar-refractivity contribution in [3.8, 4) is 0 Å². The number of fused-ring (bicyclic) bond motifs is 1. The van der Waals surface area contributed by atoms with Crippen molar-refractivity contribution >= 4 is 22.9 Å². The summed E-state index contributed by atoms with van der Waals surface area (Å²) in [7, 11) is 0. The second kappa shape index (κ2) is 5.90. The predicted octanol–water partition coefficient (Wildman–Crippen LogP) is 2.34. The van der Waals surface area contributed by atoms with Crippen molar-refractivity contribution in [2.45, 2.75) is 33.6 Å². The fraction of sp³-hybridized carbons (Fsp3) is 0.600. The first-order valence-electron chi connectivity index (χ1n) is 7.66. The van der Waals surface area contributed by atoms with Gasteiger partial charge in [-0.1, -0.05) is 12.1 Å². The summed E-state index contributed by atoms with van der Waals surface area (Å²) in [6.45, 7) is 7.95. The minimum absolute atomic E-state index is 0.0270. The highest BCUT2D eigenvalue weighted by Gasteiger charge is 2.25. The number of rotatable bonds is 3. The van der Waals surface area contributed by atoms with Crippen molar-refractivity contribution in [3.63, 3.8) is 0 Å². The summed E-state index contributed by atoms with van der Waals surface area (Å²) >= 11 is 0. The molecule has 0 spiro atoms. The molecule has 2 aromatic rings. The quantitative estimate of drug-likeness (QED) is 0.805. The molecule has 7 heteroatoms. The molecule has 0 bridgehead atoms. The number of ether oxygens (including phenoxy) is 1. The van der Waals surface area contributed by atoms with Gasteiger partial charge in [-0.3, -0.25) is 0 Å². The Kier molecular flexibility index (Phi) is 3.96. The van der Waals surface area contributed by atoms with Crippen LogP contribution in [0.4, 0.5) is 5.82 Å². The van der Waals surface area contributed by atoms with Gasteiger partial charge in [-0.15, -0.1) is 0 Å². The van der Waals surface area contributed by atoms with E-state index in [0.717, 1.165) is 42.8 Å². The first kappa shape index (κ1) is 14.7. The highest BCUT2D eigenvalue weighted by molar-refractivity contribution is 5.93. The predicted molar refractivity (Wildman–Crippen MR) is 80.9 cm³/mol. The number of carbonyl (C=O) groups excluding carboxylic acids is 1. The van der Waals surface area contributed by atoms with E-state index in [1.54, 1.807) is 6.92 Å². The molecule has 0 radical (unpaired) electrons. The Labute approximate surface area is 128 Å². The van der Waals surface area contributed by atoms with Gasteiger partial charge >= 0.3 is 5.97 Å². The highest BCUT2D eigenvalue weighted by Crippen LogP contribution is 2.30. The lowest BCUT2D eigenvalue weighted by Crippen LogP contribution is -2.34. The van der Waals surface area contributed by atoms with Crippen LogP contribution in [-0.2, 0) is 4.74 Å². The fourth-order valence-electron chi connectivity index (χ4n) is 2.71. The molecule has 1 aliphatic rings. The Bertz CT molecular complexity index is 689. The Morgan fingerprint density at radius 1 is 1.36 bits per heavy atom. The number of nitrogens with zero attached hydrogens (tertiary/aromatic N) is 4. The number of piperidine rings is 1. The molecule has 0 unspecified atom stereocenters. The molecule has 0 amide bonds. The van der Waals surface area contributed by atoms with Crippen LogP contribution in [0.5, 0.6) is 0 Å². The van der Waals surface area contributed by atoms with E-state index in [9.17, 15) is 4.79 Å². The number of hydrogen-bond acceptors (Lipinski definition) is 7. The summed E-state index contributed by atoms with van der Waals surface area (Å²) < 4.78 is 10.2. The maximum atomic E-state index is 12.0. The van der Waals surface area contributed by atoms with Gasteiger partial charge in [0, 0.05) is 13.1 Å². The summed E-state index contributed by atoms with van der Waals surface area (Å²) in [4.78, 5) is 22.7. The van der Waals surface area contributed by atoms with Crippen LogP contribution in [-0.4, -0.2) is 40.8 Å². The molecule has 118 valence electrons. The van der Waals surface area contributed by atoms with E-state index < -0.39 is 5.97 Å². The van der Waals surface area contributed by atoms with Crippen LogP contribution >= 0.6 is 0 Å². The maximum absolute atomic E-state index is 12.0. The molecule has 0 atom stereocenters. The van der Waals surface area contributed by atoms with Crippen molar-refractivity contribution in [2.24, 2.45) is 5.92 Å². The lowest BCUT2D eigenvalue weighted by Gasteiger charge is -2.31. The van der Waals surface area contributed by atoms with Crippen LogP contribution in [0.25, 0.3) is 11.1 Å². The monoisotopic (exact) mass is 304 g/mol. The standard InChI is InChI=1S/C15H20N4O3/c1-4-21-15(20)12-16-13(19-7-5-9(2)6-8-19)11-10(3)18-22-14(11)17-12/h9H,4-8H2,1-3H3. The minimum atomic E-state index is -0.537. The van der Waals surface area contributed by atoms with Gasteiger partial charge in [0.25, 0.3) is 5.71 Å². The molecule has 1 saturated heterocycles. The molecule has 0 aromatic carbocycles. The number of aryl methyl sites for hydroxylation is 1. The lowest BCUT2D eigenvalue weighted by molar-refractivity contribution is 0.0512. The van der Waals surface area contributed by atoms with Gasteiger partial charge in [0.2, 0.25) is 5.82 Å². The van der Waals surface area contributed by atoms with Crippen molar-refractivity contribution in [1.82, 2.24) is 15.1 Å². The average Bonchev–Trinajstić information content (AvgIpc) is 2.89. The Morgan fingerprint density at radius 3 is 2.77 bits per heavy atom. The van der Waals surface area contributed by atoms with Crippen LogP contribution in [0.1, 0.15) is 43.0 Å². The first-order chi connectivity index (χ1) is 10.6. The largest absolute Gasteiger partial charge is 0.460 e. The topological polar surface area (TPSA) is 81.4 Å². The molecule has 1 fully saturated rings. The van der Waals surface area contributed by atoms with Gasteiger partial charge in [-0.05, 0) is 32.6 Å². The second-order valence-electron chi connectivity index (χ2n) is 5.71. The van der Waals surface area contributed by atoms with E-state index in [4.69, 9.17) is 9.26 Å². The van der Waals surface area contributed by atoms with Gasteiger partial charge in [-0.2, -0.15) is 4.98 Å². The second-order valence-corrected chi connectivity index (χ2v) is 5.71. The highest BCUT2D eigenvalue weighted by atomic mass is 16.5. The van der Waals surface area contributed by atoms with E-state index in [2.05, 4.69) is 26.9 Å². The van der Waals surface area contributed by atoms with Gasteiger partial charge in [0.05, 0.1) is 12.3 Å². The fourth-order valence-corrected chi connectivity index (χ4v) is 2.71. The van der Waals surface area contributed by atoms with Gasteiger partial charge in [0.1, 0.15) is 11.2 Å². The van der Waals surface area contributed by atoms with E-state index in [0.29, 0.717) is 11.6 Å². The van der Waals surface area contributed by atoms with E-state index >= 15 is 0 Å². The Balaban J connectivity index is 2.05. The zero-order valence-electron chi connectivity index (χ0n) is 13.1. The molecule has 2 aromatic heterocycles. The summed E-state index contributed by atoms with van der Waals surface area (Å²) in [6.07, 6.45) is 2.20. The Morgan fingerprint density at radius 2 is 2.09 bits per heavy atom. The van der Waals surface area contributed by atoms with E-state index in [1.165, 1.54) is 0 Å². The number of hydrogen-bond donors (Lipinski definition) is 0. The summed E-state index contributed by atoms with van der Waals surface area (Å²) in [5.74, 6) is 0.921. The van der Waals surface area contributed by atoms with Crippen LogP contribution in [0.2, 0.25) is 0 Å². The third-order valence-electron chi connectivity index (χ3n) is 4.03. The zero-order valence-corrected chi connectivity index (χ0v) is 13.1. The van der Waals surface area contributed by atoms with Crippen molar-refractivity contribution in [3.05, 3.63) is 11.5 Å². The number of esters is 1. The first-order valence-corrected chi connectivity index (χ1v) is 7.66. The number of carbonyl (C=O) groups is 1. The Hall–Kier alpha value is -2.18. The molecule has 3 heterocycles. The van der Waals surface area contributed by atoms with Crippen molar-refractivity contribution < 1.29 is 14.1 Å². The van der Waals surface area contributed by atoms with Crippen LogP contribution in [0.3, 0.4) is 0 Å². The van der Waals surface area contributed by atoms with Gasteiger partial charge in [0.15, 0.2) is 0 Å². The van der Waals surface area contributed by atoms with E-state index in [1.807, 2.05) is 6.92 Å². The smallest absolute Gasteiger partial charge is 0.376 e. The molecule has 0 saturated carbocycles. The maximum Gasteiger partial charge on any atom is 0.376 e. The molecular weight excluding hydrogens is 284 g/mol. The van der Waals surface area contributed by atoms with Crippen LogP contribution in [0.15, 0.2) is 4.52 Å². The summed E-state index contributed by atoms with van der Waals surface area (Å²) in [6, 6.07) is 0.